The van der Waals surface area contributed by atoms with Gasteiger partial charge in [0.1, 0.15) is 11.5 Å². The monoisotopic (exact) mass is 285 g/mol. The van der Waals surface area contributed by atoms with Crippen LogP contribution in [-0.4, -0.2) is 29.4 Å². The molecule has 0 aliphatic rings. The number of nitrogen functional groups attached to an aromatic ring is 1. The lowest BCUT2D eigenvalue weighted by Crippen LogP contribution is -2.38. The van der Waals surface area contributed by atoms with Crippen molar-refractivity contribution in [2.75, 3.05) is 23.4 Å². The van der Waals surface area contributed by atoms with Crippen molar-refractivity contribution in [2.24, 2.45) is 0 Å². The van der Waals surface area contributed by atoms with Gasteiger partial charge < -0.3 is 10.6 Å². The summed E-state index contributed by atoms with van der Waals surface area (Å²) < 4.78 is 41.4. The van der Waals surface area contributed by atoms with E-state index in [4.69, 9.17) is 5.73 Å². The average Bonchev–Trinajstić information content (AvgIpc) is 2.54. The molecular formula is C9H14F3N3S2. The number of thioether (sulfide) groups is 1. The lowest BCUT2D eigenvalue weighted by atomic mass is 10.3. The number of alkyl halides is 3. The van der Waals surface area contributed by atoms with Gasteiger partial charge in [-0.3, -0.25) is 0 Å². The lowest BCUT2D eigenvalue weighted by molar-refractivity contribution is -0.120. The second-order valence-corrected chi connectivity index (χ2v) is 5.31. The number of halogens is 3. The molecule has 0 spiro atoms. The Hall–Kier alpha value is -0.630. The third-order valence-electron chi connectivity index (χ3n) is 2.10. The van der Waals surface area contributed by atoms with Gasteiger partial charge in [0.15, 0.2) is 5.82 Å². The summed E-state index contributed by atoms with van der Waals surface area (Å²) in [7, 11) is 0. The highest BCUT2D eigenvalue weighted by Gasteiger charge is 2.34. The zero-order chi connectivity index (χ0) is 13.2. The molecule has 0 radical (unpaired) electrons. The molecule has 0 atom stereocenters. The number of aromatic nitrogens is 1. The summed E-state index contributed by atoms with van der Waals surface area (Å²) in [5, 5.41) is 0.488. The first-order valence-electron chi connectivity index (χ1n) is 4.88. The molecule has 1 aromatic heterocycles. The van der Waals surface area contributed by atoms with Gasteiger partial charge in [-0.1, -0.05) is 0 Å². The molecule has 0 aromatic carbocycles. The van der Waals surface area contributed by atoms with Crippen molar-refractivity contribution in [1.29, 1.82) is 0 Å². The number of rotatable bonds is 4. The summed E-state index contributed by atoms with van der Waals surface area (Å²) in [5.41, 5.74) is 5.62. The molecular weight excluding hydrogens is 271 g/mol. The van der Waals surface area contributed by atoms with E-state index in [2.05, 4.69) is 4.37 Å². The molecule has 0 amide bonds. The van der Waals surface area contributed by atoms with E-state index in [1.165, 1.54) is 16.7 Å². The van der Waals surface area contributed by atoms with Crippen molar-refractivity contribution in [2.45, 2.75) is 31.0 Å². The largest absolute Gasteiger partial charge is 0.405 e. The topological polar surface area (TPSA) is 42.1 Å². The minimum absolute atomic E-state index is 0.262. The van der Waals surface area contributed by atoms with Gasteiger partial charge in [-0.25, -0.2) is 0 Å². The van der Waals surface area contributed by atoms with Gasteiger partial charge in [0, 0.05) is 6.04 Å². The predicted molar refractivity (Wildman–Crippen MR) is 66.8 cm³/mol. The first kappa shape index (κ1) is 14.4. The van der Waals surface area contributed by atoms with Crippen LogP contribution in [0.4, 0.5) is 24.0 Å². The minimum atomic E-state index is -4.24. The van der Waals surface area contributed by atoms with E-state index in [0.29, 0.717) is 15.7 Å². The highest BCUT2D eigenvalue weighted by molar-refractivity contribution is 7.99. The molecule has 1 rings (SSSR count). The van der Waals surface area contributed by atoms with Crippen molar-refractivity contribution in [3.05, 3.63) is 0 Å². The summed E-state index contributed by atoms with van der Waals surface area (Å²) in [6, 6.07) is -0.262. The number of hydrogen-bond acceptors (Lipinski definition) is 5. The van der Waals surface area contributed by atoms with E-state index in [1.54, 1.807) is 20.1 Å². The van der Waals surface area contributed by atoms with Gasteiger partial charge in [-0.05, 0) is 31.6 Å². The SMILES string of the molecule is CSc1c(N)nsc1N(CC(F)(F)F)C(C)C. The second kappa shape index (κ2) is 5.34. The Morgan fingerprint density at radius 2 is 2.06 bits per heavy atom. The van der Waals surface area contributed by atoms with E-state index in [-0.39, 0.29) is 6.04 Å². The molecule has 98 valence electrons. The fourth-order valence-electron chi connectivity index (χ4n) is 1.34. The maximum absolute atomic E-state index is 12.5. The van der Waals surface area contributed by atoms with E-state index in [0.717, 1.165) is 11.5 Å². The zero-order valence-corrected chi connectivity index (χ0v) is 11.3. The zero-order valence-electron chi connectivity index (χ0n) is 9.71. The number of nitrogens with zero attached hydrogens (tertiary/aromatic N) is 2. The van der Waals surface area contributed by atoms with E-state index >= 15 is 0 Å². The van der Waals surface area contributed by atoms with Gasteiger partial charge >= 0.3 is 6.18 Å². The van der Waals surface area contributed by atoms with Crippen LogP contribution in [0.2, 0.25) is 0 Å². The molecule has 0 aliphatic heterocycles. The molecule has 8 heteroatoms. The first-order valence-corrected chi connectivity index (χ1v) is 6.88. The number of nitrogens with two attached hydrogens (primary N) is 1. The smallest absolute Gasteiger partial charge is 0.382 e. The van der Waals surface area contributed by atoms with Crippen LogP contribution in [0.5, 0.6) is 0 Å². The van der Waals surface area contributed by atoms with E-state index < -0.39 is 12.7 Å². The highest BCUT2D eigenvalue weighted by Crippen LogP contribution is 2.39. The fourth-order valence-corrected chi connectivity index (χ4v) is 3.15. The Bertz CT molecular complexity index is 376. The molecule has 3 nitrogen and oxygen atoms in total. The molecule has 17 heavy (non-hydrogen) atoms. The molecule has 0 unspecified atom stereocenters. The van der Waals surface area contributed by atoms with Crippen LogP contribution in [0, 0.1) is 0 Å². The molecule has 0 aliphatic carbocycles. The van der Waals surface area contributed by atoms with Crippen LogP contribution < -0.4 is 10.6 Å². The van der Waals surface area contributed by atoms with E-state index in [1.807, 2.05) is 0 Å². The van der Waals surface area contributed by atoms with E-state index in [9.17, 15) is 13.2 Å². The Morgan fingerprint density at radius 3 is 2.47 bits per heavy atom. The Balaban J connectivity index is 3.06. The first-order chi connectivity index (χ1) is 7.76. The van der Waals surface area contributed by atoms with Crippen molar-refractivity contribution in [3.8, 4) is 0 Å². The highest BCUT2D eigenvalue weighted by atomic mass is 32.2. The molecule has 1 heterocycles. The quantitative estimate of drug-likeness (QED) is 0.863. The standard InChI is InChI=1S/C9H14F3N3S2/c1-5(2)15(4-9(10,11)12)8-6(16-3)7(13)14-17-8/h5H,4H2,1-3H3,(H2,13,14). The average molecular weight is 285 g/mol. The third-order valence-corrected chi connectivity index (χ3v) is 3.93. The summed E-state index contributed by atoms with van der Waals surface area (Å²) in [6.07, 6.45) is -2.46. The van der Waals surface area contributed by atoms with Gasteiger partial charge in [0.25, 0.3) is 0 Å². The second-order valence-electron chi connectivity index (χ2n) is 3.74. The maximum Gasteiger partial charge on any atom is 0.405 e. The maximum atomic E-state index is 12.5. The summed E-state index contributed by atoms with van der Waals surface area (Å²) in [4.78, 5) is 1.90. The van der Waals surface area contributed by atoms with Crippen molar-refractivity contribution < 1.29 is 13.2 Å². The van der Waals surface area contributed by atoms with Crippen molar-refractivity contribution in [1.82, 2.24) is 4.37 Å². The van der Waals surface area contributed by atoms with Crippen LogP contribution in [-0.2, 0) is 0 Å². The Labute approximate surface area is 106 Å². The van der Waals surface area contributed by atoms with Gasteiger partial charge in [-0.15, -0.1) is 11.8 Å². The Morgan fingerprint density at radius 1 is 1.47 bits per heavy atom. The van der Waals surface area contributed by atoms with Crippen molar-refractivity contribution >= 4 is 34.1 Å². The molecule has 0 saturated heterocycles. The normalized spacial score (nSPS) is 12.2. The molecule has 0 fully saturated rings. The van der Waals surface area contributed by atoms with Crippen LogP contribution in [0.3, 0.4) is 0 Å². The van der Waals surface area contributed by atoms with Crippen molar-refractivity contribution in [3.63, 3.8) is 0 Å². The van der Waals surface area contributed by atoms with Gasteiger partial charge in [0.05, 0.1) is 4.90 Å². The number of anilines is 2. The summed E-state index contributed by atoms with van der Waals surface area (Å²) in [6.45, 7) is 2.44. The Kier molecular flexibility index (Phi) is 4.54. The lowest BCUT2D eigenvalue weighted by Gasteiger charge is -2.28. The molecule has 1 aromatic rings. The van der Waals surface area contributed by atoms with Crippen LogP contribution in [0.15, 0.2) is 4.90 Å². The van der Waals surface area contributed by atoms with Crippen LogP contribution in [0.1, 0.15) is 13.8 Å². The van der Waals surface area contributed by atoms with Gasteiger partial charge in [0.2, 0.25) is 0 Å². The summed E-state index contributed by atoms with van der Waals surface area (Å²) in [5.74, 6) is 0.297. The minimum Gasteiger partial charge on any atom is -0.382 e. The predicted octanol–water partition coefficient (Wildman–Crippen LogP) is 3.22. The fraction of sp³-hybridized carbons (Fsp3) is 0.667. The third kappa shape index (κ3) is 3.67. The van der Waals surface area contributed by atoms with Gasteiger partial charge in [-0.2, -0.15) is 17.5 Å². The van der Waals surface area contributed by atoms with Crippen LogP contribution in [0.25, 0.3) is 0 Å². The molecule has 2 N–H and O–H groups in total. The molecule has 0 bridgehead atoms. The molecule has 0 saturated carbocycles. The summed E-state index contributed by atoms with van der Waals surface area (Å²) >= 11 is 2.32. The number of hydrogen-bond donors (Lipinski definition) is 1. The van der Waals surface area contributed by atoms with Crippen LogP contribution >= 0.6 is 23.3 Å².